The molecule has 2 aliphatic rings. The Balaban J connectivity index is 1.86. The van der Waals surface area contributed by atoms with E-state index in [1.807, 2.05) is 0 Å². The molecule has 0 aromatic rings. The van der Waals surface area contributed by atoms with E-state index in [0.29, 0.717) is 12.1 Å². The van der Waals surface area contributed by atoms with Crippen LogP contribution in [0.5, 0.6) is 0 Å². The third kappa shape index (κ3) is 3.19. The fraction of sp³-hybridized carbons (Fsp3) is 1.00. The highest BCUT2D eigenvalue weighted by molar-refractivity contribution is 4.88. The maximum atomic E-state index is 5.63. The summed E-state index contributed by atoms with van der Waals surface area (Å²) in [4.78, 5) is 4.99. The average molecular weight is 241 g/mol. The van der Waals surface area contributed by atoms with Gasteiger partial charge >= 0.3 is 0 Å². The monoisotopic (exact) mass is 241 g/mol. The van der Waals surface area contributed by atoms with Gasteiger partial charge in [-0.15, -0.1) is 0 Å². The average Bonchev–Trinajstić information content (AvgIpc) is 2.75. The second kappa shape index (κ2) is 6.14. The summed E-state index contributed by atoms with van der Waals surface area (Å²) in [6, 6.07) is 1.85. The Morgan fingerprint density at radius 1 is 1.41 bits per heavy atom. The highest BCUT2D eigenvalue weighted by Crippen LogP contribution is 2.19. The molecule has 17 heavy (non-hydrogen) atoms. The van der Waals surface area contributed by atoms with Gasteiger partial charge in [-0.1, -0.05) is 0 Å². The predicted molar refractivity (Wildman–Crippen MR) is 70.4 cm³/mol. The second-order valence-corrected chi connectivity index (χ2v) is 5.54. The molecule has 3 unspecified atom stereocenters. The maximum absolute atomic E-state index is 5.63. The lowest BCUT2D eigenvalue weighted by atomic mass is 10.0. The standard InChI is InChI=1S/C13H27N3O/c1-14-12-6-8-17-10-13(12)16(3)9-11-5-4-7-15(11)2/h11-14H,4-10H2,1-3H3. The van der Waals surface area contributed by atoms with Gasteiger partial charge in [0.15, 0.2) is 0 Å². The Hall–Kier alpha value is -0.160. The lowest BCUT2D eigenvalue weighted by molar-refractivity contribution is 0.00211. The van der Waals surface area contributed by atoms with Crippen LogP contribution in [0.25, 0.3) is 0 Å². The quantitative estimate of drug-likeness (QED) is 0.770. The lowest BCUT2D eigenvalue weighted by Gasteiger charge is -2.39. The van der Waals surface area contributed by atoms with Gasteiger partial charge in [0.2, 0.25) is 0 Å². The molecule has 2 fully saturated rings. The van der Waals surface area contributed by atoms with E-state index >= 15 is 0 Å². The zero-order valence-electron chi connectivity index (χ0n) is 11.5. The number of likely N-dealkylation sites (N-methyl/N-ethyl adjacent to an activating group) is 3. The molecule has 0 aromatic carbocycles. The first kappa shape index (κ1) is 13.3. The topological polar surface area (TPSA) is 27.7 Å². The van der Waals surface area contributed by atoms with Crippen molar-refractivity contribution in [2.45, 2.75) is 37.4 Å². The normalized spacial score (nSPS) is 35.6. The number of nitrogens with one attached hydrogen (secondary N) is 1. The van der Waals surface area contributed by atoms with E-state index in [4.69, 9.17) is 4.74 Å². The Morgan fingerprint density at radius 3 is 2.88 bits per heavy atom. The highest BCUT2D eigenvalue weighted by Gasteiger charge is 2.30. The van der Waals surface area contributed by atoms with Crippen LogP contribution in [0.15, 0.2) is 0 Å². The first-order valence-electron chi connectivity index (χ1n) is 6.88. The van der Waals surface area contributed by atoms with Crippen LogP contribution in [0.3, 0.4) is 0 Å². The molecule has 0 amide bonds. The van der Waals surface area contributed by atoms with Gasteiger partial charge in [-0.05, 0) is 47.0 Å². The van der Waals surface area contributed by atoms with Crippen LogP contribution in [0.4, 0.5) is 0 Å². The van der Waals surface area contributed by atoms with Gasteiger partial charge in [-0.3, -0.25) is 4.90 Å². The minimum Gasteiger partial charge on any atom is -0.380 e. The Morgan fingerprint density at radius 2 is 2.24 bits per heavy atom. The summed E-state index contributed by atoms with van der Waals surface area (Å²) in [5.74, 6) is 0. The summed E-state index contributed by atoms with van der Waals surface area (Å²) in [7, 11) is 6.56. The molecule has 0 bridgehead atoms. The van der Waals surface area contributed by atoms with Crippen molar-refractivity contribution in [3.8, 4) is 0 Å². The van der Waals surface area contributed by atoms with Crippen LogP contribution >= 0.6 is 0 Å². The highest BCUT2D eigenvalue weighted by atomic mass is 16.5. The molecule has 2 rings (SSSR count). The second-order valence-electron chi connectivity index (χ2n) is 5.54. The fourth-order valence-electron chi connectivity index (χ4n) is 3.17. The molecule has 1 N–H and O–H groups in total. The Bertz CT molecular complexity index is 237. The van der Waals surface area contributed by atoms with Gasteiger partial charge in [0.1, 0.15) is 0 Å². The number of rotatable bonds is 4. The van der Waals surface area contributed by atoms with Gasteiger partial charge in [0, 0.05) is 31.3 Å². The molecule has 0 aliphatic carbocycles. The van der Waals surface area contributed by atoms with Gasteiger partial charge < -0.3 is 15.0 Å². The Labute approximate surface area is 105 Å². The number of ether oxygens (including phenoxy) is 1. The van der Waals surface area contributed by atoms with E-state index in [2.05, 4.69) is 36.3 Å². The van der Waals surface area contributed by atoms with Gasteiger partial charge in [-0.2, -0.15) is 0 Å². The molecule has 2 heterocycles. The molecule has 0 saturated carbocycles. The zero-order valence-corrected chi connectivity index (χ0v) is 11.5. The Kier molecular flexibility index (Phi) is 4.79. The van der Waals surface area contributed by atoms with Gasteiger partial charge in [0.25, 0.3) is 0 Å². The van der Waals surface area contributed by atoms with Gasteiger partial charge in [-0.25, -0.2) is 0 Å². The van der Waals surface area contributed by atoms with Crippen LogP contribution in [-0.2, 0) is 4.74 Å². The van der Waals surface area contributed by atoms with Crippen LogP contribution < -0.4 is 5.32 Å². The van der Waals surface area contributed by atoms with Crippen molar-refractivity contribution in [2.75, 3.05) is 47.4 Å². The number of hydrogen-bond acceptors (Lipinski definition) is 4. The van der Waals surface area contributed by atoms with E-state index < -0.39 is 0 Å². The van der Waals surface area contributed by atoms with Crippen LogP contribution in [0.2, 0.25) is 0 Å². The summed E-state index contributed by atoms with van der Waals surface area (Å²) >= 11 is 0. The first-order valence-corrected chi connectivity index (χ1v) is 6.88. The van der Waals surface area contributed by atoms with Crippen LogP contribution in [0, 0.1) is 0 Å². The van der Waals surface area contributed by atoms with Crippen molar-refractivity contribution in [1.82, 2.24) is 15.1 Å². The van der Waals surface area contributed by atoms with Crippen LogP contribution in [-0.4, -0.2) is 75.4 Å². The maximum Gasteiger partial charge on any atom is 0.0636 e. The van der Waals surface area contributed by atoms with E-state index in [1.165, 1.54) is 25.9 Å². The third-order valence-corrected chi connectivity index (χ3v) is 4.43. The summed E-state index contributed by atoms with van der Waals surface area (Å²) in [5, 5.41) is 3.44. The van der Waals surface area contributed by atoms with E-state index in [0.717, 1.165) is 25.7 Å². The molecule has 3 atom stereocenters. The minimum absolute atomic E-state index is 0.530. The predicted octanol–water partition coefficient (Wildman–Crippen LogP) is 0.389. The minimum atomic E-state index is 0.530. The largest absolute Gasteiger partial charge is 0.380 e. The molecule has 100 valence electrons. The number of hydrogen-bond donors (Lipinski definition) is 1. The molecule has 0 radical (unpaired) electrons. The van der Waals surface area contributed by atoms with Gasteiger partial charge in [0.05, 0.1) is 6.61 Å². The van der Waals surface area contributed by atoms with Crippen molar-refractivity contribution in [3.63, 3.8) is 0 Å². The first-order chi connectivity index (χ1) is 8.22. The zero-order chi connectivity index (χ0) is 12.3. The van der Waals surface area contributed by atoms with Crippen molar-refractivity contribution in [2.24, 2.45) is 0 Å². The molecule has 4 heteroatoms. The van der Waals surface area contributed by atoms with Crippen molar-refractivity contribution >= 4 is 0 Å². The smallest absolute Gasteiger partial charge is 0.0636 e. The van der Waals surface area contributed by atoms with E-state index in [-0.39, 0.29) is 0 Å². The summed E-state index contributed by atoms with van der Waals surface area (Å²) in [5.41, 5.74) is 0. The van der Waals surface area contributed by atoms with Crippen molar-refractivity contribution in [1.29, 1.82) is 0 Å². The lowest BCUT2D eigenvalue weighted by Crippen LogP contribution is -2.55. The molecular weight excluding hydrogens is 214 g/mol. The third-order valence-electron chi connectivity index (χ3n) is 4.43. The molecule has 2 aliphatic heterocycles. The molecule has 0 spiro atoms. The molecule has 2 saturated heterocycles. The summed E-state index contributed by atoms with van der Waals surface area (Å²) < 4.78 is 5.63. The SMILES string of the molecule is CNC1CCOCC1N(C)CC1CCCN1C. The molecule has 4 nitrogen and oxygen atoms in total. The summed E-state index contributed by atoms with van der Waals surface area (Å²) in [6.45, 7) is 4.20. The molecule has 0 aromatic heterocycles. The summed E-state index contributed by atoms with van der Waals surface area (Å²) in [6.07, 6.45) is 3.83. The van der Waals surface area contributed by atoms with E-state index in [1.54, 1.807) is 0 Å². The van der Waals surface area contributed by atoms with Crippen LogP contribution in [0.1, 0.15) is 19.3 Å². The fourth-order valence-corrected chi connectivity index (χ4v) is 3.17. The van der Waals surface area contributed by atoms with Crippen molar-refractivity contribution < 1.29 is 4.74 Å². The van der Waals surface area contributed by atoms with Crippen molar-refractivity contribution in [3.05, 3.63) is 0 Å². The number of nitrogens with zero attached hydrogens (tertiary/aromatic N) is 2. The van der Waals surface area contributed by atoms with E-state index in [9.17, 15) is 0 Å². The number of likely N-dealkylation sites (tertiary alicyclic amines) is 1. The molecular formula is C13H27N3O.